The molecule has 2 aliphatic rings. The monoisotopic (exact) mass is 398 g/mol. The molecule has 0 aromatic heterocycles. The summed E-state index contributed by atoms with van der Waals surface area (Å²) in [5.74, 6) is 0.906. The van der Waals surface area contributed by atoms with Crippen molar-refractivity contribution >= 4 is 6.21 Å². The molecule has 152 valence electrons. The Bertz CT molecular complexity index is 991. The average molecular weight is 399 g/mol. The van der Waals surface area contributed by atoms with E-state index in [2.05, 4.69) is 65.7 Å². The Balaban J connectivity index is 1.26. The number of piperazine rings is 1. The number of quaternary nitrogens is 1. The van der Waals surface area contributed by atoms with Gasteiger partial charge in [0.25, 0.3) is 0 Å². The molecule has 1 N–H and O–H groups in total. The molecule has 0 amide bonds. The number of fused-ring (bicyclic) bond motifs is 3. The van der Waals surface area contributed by atoms with Gasteiger partial charge in [-0.3, -0.25) is 5.01 Å². The van der Waals surface area contributed by atoms with Gasteiger partial charge in [0.05, 0.1) is 39.0 Å². The van der Waals surface area contributed by atoms with Crippen LogP contribution in [0.2, 0.25) is 0 Å². The van der Waals surface area contributed by atoms with E-state index >= 15 is 0 Å². The van der Waals surface area contributed by atoms with E-state index < -0.39 is 0 Å². The summed E-state index contributed by atoms with van der Waals surface area (Å²) in [7, 11) is 0. The number of benzene rings is 3. The maximum absolute atomic E-state index is 5.51. The van der Waals surface area contributed by atoms with Crippen LogP contribution in [0.3, 0.4) is 0 Å². The SMILES string of the molecule is CCOc1ccc(C=NN2CC[NH+](C3c4ccccc4-c4ccccc43)CC2)cc1. The predicted octanol–water partition coefficient (Wildman–Crippen LogP) is 3.39. The van der Waals surface area contributed by atoms with Crippen molar-refractivity contribution in [1.82, 2.24) is 5.01 Å². The molecule has 1 heterocycles. The van der Waals surface area contributed by atoms with Crippen LogP contribution >= 0.6 is 0 Å². The van der Waals surface area contributed by atoms with Gasteiger partial charge in [-0.05, 0) is 47.9 Å². The lowest BCUT2D eigenvalue weighted by atomic mass is 10.0. The number of hydrogen-bond acceptors (Lipinski definition) is 3. The molecule has 1 fully saturated rings. The number of nitrogens with zero attached hydrogens (tertiary/aromatic N) is 2. The maximum Gasteiger partial charge on any atom is 0.140 e. The van der Waals surface area contributed by atoms with E-state index in [9.17, 15) is 0 Å². The quantitative estimate of drug-likeness (QED) is 0.668. The summed E-state index contributed by atoms with van der Waals surface area (Å²) in [5, 5.41) is 6.93. The van der Waals surface area contributed by atoms with Crippen molar-refractivity contribution in [2.24, 2.45) is 5.10 Å². The summed E-state index contributed by atoms with van der Waals surface area (Å²) in [5.41, 5.74) is 6.86. The van der Waals surface area contributed by atoms with Crippen LogP contribution in [0, 0.1) is 0 Å². The first-order chi connectivity index (χ1) is 14.8. The molecule has 4 nitrogen and oxygen atoms in total. The van der Waals surface area contributed by atoms with Gasteiger partial charge in [-0.25, -0.2) is 0 Å². The maximum atomic E-state index is 5.51. The van der Waals surface area contributed by atoms with Gasteiger partial charge < -0.3 is 9.64 Å². The number of ether oxygens (including phenoxy) is 1. The summed E-state index contributed by atoms with van der Waals surface area (Å²) in [6.07, 6.45) is 1.96. The van der Waals surface area contributed by atoms with E-state index in [1.165, 1.54) is 22.3 Å². The zero-order chi connectivity index (χ0) is 20.3. The second-order valence-corrected chi connectivity index (χ2v) is 7.97. The third kappa shape index (κ3) is 3.59. The van der Waals surface area contributed by atoms with Gasteiger partial charge in [0.2, 0.25) is 0 Å². The van der Waals surface area contributed by atoms with Crippen molar-refractivity contribution in [1.29, 1.82) is 0 Å². The van der Waals surface area contributed by atoms with E-state index in [1.54, 1.807) is 4.90 Å². The van der Waals surface area contributed by atoms with Crippen molar-refractivity contribution in [3.8, 4) is 16.9 Å². The van der Waals surface area contributed by atoms with Crippen LogP contribution in [0.1, 0.15) is 29.7 Å². The molecule has 0 atom stereocenters. The first-order valence-corrected chi connectivity index (χ1v) is 10.9. The first kappa shape index (κ1) is 18.9. The van der Waals surface area contributed by atoms with Crippen LogP contribution in [0.5, 0.6) is 5.75 Å². The summed E-state index contributed by atoms with van der Waals surface area (Å²) in [4.78, 5) is 1.64. The zero-order valence-corrected chi connectivity index (χ0v) is 17.4. The highest BCUT2D eigenvalue weighted by molar-refractivity contribution is 5.79. The van der Waals surface area contributed by atoms with Crippen molar-refractivity contribution in [2.75, 3.05) is 32.8 Å². The third-order valence-electron chi connectivity index (χ3n) is 6.19. The van der Waals surface area contributed by atoms with Gasteiger partial charge in [-0.1, -0.05) is 48.5 Å². The van der Waals surface area contributed by atoms with Gasteiger partial charge in [0.15, 0.2) is 0 Å². The molecule has 4 heteroatoms. The van der Waals surface area contributed by atoms with E-state index in [0.29, 0.717) is 12.6 Å². The zero-order valence-electron chi connectivity index (χ0n) is 17.4. The summed E-state index contributed by atoms with van der Waals surface area (Å²) >= 11 is 0. The first-order valence-electron chi connectivity index (χ1n) is 10.9. The van der Waals surface area contributed by atoms with E-state index in [4.69, 9.17) is 9.84 Å². The minimum atomic E-state index is 0.439. The molecule has 0 radical (unpaired) electrons. The lowest BCUT2D eigenvalue weighted by Crippen LogP contribution is -3.14. The topological polar surface area (TPSA) is 29.3 Å². The van der Waals surface area contributed by atoms with Crippen LogP contribution < -0.4 is 9.64 Å². The minimum Gasteiger partial charge on any atom is -0.494 e. The van der Waals surface area contributed by atoms with Crippen LogP contribution in [0.4, 0.5) is 0 Å². The van der Waals surface area contributed by atoms with E-state index in [-0.39, 0.29) is 0 Å². The van der Waals surface area contributed by atoms with Crippen molar-refractivity contribution in [3.63, 3.8) is 0 Å². The van der Waals surface area contributed by atoms with Gasteiger partial charge >= 0.3 is 0 Å². The number of rotatable bonds is 5. The van der Waals surface area contributed by atoms with E-state index in [0.717, 1.165) is 37.5 Å². The molecule has 1 saturated heterocycles. The van der Waals surface area contributed by atoms with Gasteiger partial charge in [0, 0.05) is 11.1 Å². The number of hydrazone groups is 1. The second kappa shape index (κ2) is 8.33. The Labute approximate surface area is 178 Å². The highest BCUT2D eigenvalue weighted by Crippen LogP contribution is 2.41. The lowest BCUT2D eigenvalue weighted by molar-refractivity contribution is -0.929. The van der Waals surface area contributed by atoms with Gasteiger partial charge in [-0.15, -0.1) is 0 Å². The van der Waals surface area contributed by atoms with Crippen LogP contribution in [0.25, 0.3) is 11.1 Å². The molecule has 3 aromatic carbocycles. The fraction of sp³-hybridized carbons (Fsp3) is 0.269. The summed E-state index contributed by atoms with van der Waals surface area (Å²) in [6, 6.07) is 26.4. The average Bonchev–Trinajstić information content (AvgIpc) is 3.14. The molecule has 0 saturated carbocycles. The Hall–Kier alpha value is -3.11. The Morgan fingerprint density at radius 1 is 0.900 bits per heavy atom. The number of hydrogen-bond donors (Lipinski definition) is 1. The summed E-state index contributed by atoms with van der Waals surface area (Å²) < 4.78 is 5.51. The third-order valence-corrected chi connectivity index (χ3v) is 6.19. The molecule has 0 bridgehead atoms. The van der Waals surface area contributed by atoms with Gasteiger partial charge in [-0.2, -0.15) is 5.10 Å². The Morgan fingerprint density at radius 3 is 2.10 bits per heavy atom. The molecule has 30 heavy (non-hydrogen) atoms. The molecular weight excluding hydrogens is 370 g/mol. The molecular formula is C26H28N3O+. The highest BCUT2D eigenvalue weighted by Gasteiger charge is 2.37. The minimum absolute atomic E-state index is 0.439. The Morgan fingerprint density at radius 2 is 1.50 bits per heavy atom. The number of nitrogens with one attached hydrogen (secondary N) is 1. The van der Waals surface area contributed by atoms with E-state index in [1.807, 2.05) is 25.3 Å². The predicted molar refractivity (Wildman–Crippen MR) is 121 cm³/mol. The smallest absolute Gasteiger partial charge is 0.140 e. The fourth-order valence-electron chi connectivity index (χ4n) is 4.75. The molecule has 1 aliphatic heterocycles. The van der Waals surface area contributed by atoms with Crippen LogP contribution in [-0.4, -0.2) is 44.0 Å². The lowest BCUT2D eigenvalue weighted by Gasteiger charge is -2.34. The van der Waals surface area contributed by atoms with Gasteiger partial charge in [0.1, 0.15) is 11.8 Å². The van der Waals surface area contributed by atoms with Crippen LogP contribution in [0.15, 0.2) is 77.9 Å². The normalized spacial score (nSPS) is 16.6. The summed E-state index contributed by atoms with van der Waals surface area (Å²) in [6.45, 7) is 6.82. The molecule has 0 spiro atoms. The standard InChI is InChI=1S/C26H27N3O/c1-2-30-21-13-11-20(12-14-21)19-27-29-17-15-28(16-18-29)26-24-9-5-3-7-22(24)23-8-4-6-10-25(23)26/h3-14,19,26H,2,15-18H2,1H3/p+1. The Kier molecular flexibility index (Phi) is 5.24. The largest absolute Gasteiger partial charge is 0.494 e. The van der Waals surface area contributed by atoms with Crippen molar-refractivity contribution in [3.05, 3.63) is 89.5 Å². The van der Waals surface area contributed by atoms with Crippen LogP contribution in [-0.2, 0) is 0 Å². The molecule has 3 aromatic rings. The second-order valence-electron chi connectivity index (χ2n) is 7.97. The molecule has 5 rings (SSSR count). The fourth-order valence-corrected chi connectivity index (χ4v) is 4.75. The molecule has 1 aliphatic carbocycles. The molecule has 0 unspecified atom stereocenters. The van der Waals surface area contributed by atoms with Crippen molar-refractivity contribution in [2.45, 2.75) is 13.0 Å². The highest BCUT2D eigenvalue weighted by atomic mass is 16.5. The van der Waals surface area contributed by atoms with Crippen molar-refractivity contribution < 1.29 is 9.64 Å².